The van der Waals surface area contributed by atoms with Crippen LogP contribution in [0.25, 0.3) is 0 Å². The second-order valence-corrected chi connectivity index (χ2v) is 4.22. The Morgan fingerprint density at radius 1 is 1.22 bits per heavy atom. The van der Waals surface area contributed by atoms with E-state index in [9.17, 15) is 14.4 Å². The van der Waals surface area contributed by atoms with E-state index in [1.165, 1.54) is 0 Å². The maximum absolute atomic E-state index is 11.8. The van der Waals surface area contributed by atoms with E-state index in [-0.39, 0.29) is 24.7 Å². The molecule has 0 bridgehead atoms. The molecule has 0 spiro atoms. The highest BCUT2D eigenvalue weighted by Gasteiger charge is 2.26. The first kappa shape index (κ1) is 14.4. The summed E-state index contributed by atoms with van der Waals surface area (Å²) in [5.41, 5.74) is 0. The van der Waals surface area contributed by atoms with Crippen LogP contribution in [0.15, 0.2) is 0 Å². The molecule has 0 aromatic heterocycles. The van der Waals surface area contributed by atoms with Crippen molar-refractivity contribution in [3.05, 3.63) is 0 Å². The van der Waals surface area contributed by atoms with Gasteiger partial charge in [-0.15, -0.1) is 0 Å². The van der Waals surface area contributed by atoms with Crippen LogP contribution in [0.2, 0.25) is 0 Å². The lowest BCUT2D eigenvalue weighted by atomic mass is 9.98. The normalized spacial score (nSPS) is 18.0. The summed E-state index contributed by atoms with van der Waals surface area (Å²) < 4.78 is 5.11. The molecule has 1 fully saturated rings. The Hall–Kier alpha value is -1.63. The molecule has 0 aromatic carbocycles. The molecular weight excluding hydrogens is 242 g/mol. The lowest BCUT2D eigenvalue weighted by Crippen LogP contribution is -2.45. The van der Waals surface area contributed by atoms with Crippen LogP contribution in [0.5, 0.6) is 0 Å². The Balaban J connectivity index is 2.46. The number of amides is 1. The Labute approximate surface area is 104 Å². The fourth-order valence-corrected chi connectivity index (χ4v) is 1.77. The first-order valence-corrected chi connectivity index (χ1v) is 5.83. The van der Waals surface area contributed by atoms with Crippen molar-refractivity contribution in [3.8, 4) is 0 Å². The number of carboxylic acids is 2. The molecule has 0 aliphatic carbocycles. The number of carbonyl (C=O) groups is 3. The molecular formula is C11H17NO6. The molecule has 18 heavy (non-hydrogen) atoms. The molecule has 7 nitrogen and oxygen atoms in total. The number of aliphatic carboxylic acids is 2. The van der Waals surface area contributed by atoms with Gasteiger partial charge in [0.05, 0.1) is 0 Å². The molecule has 0 aromatic rings. The number of carbonyl (C=O) groups excluding carboxylic acids is 1. The average molecular weight is 259 g/mol. The molecule has 1 aliphatic rings. The van der Waals surface area contributed by atoms with Gasteiger partial charge >= 0.3 is 11.9 Å². The van der Waals surface area contributed by atoms with Crippen LogP contribution in [0.3, 0.4) is 0 Å². The number of ether oxygens (including phenoxy) is 1. The lowest BCUT2D eigenvalue weighted by molar-refractivity contribution is -0.144. The van der Waals surface area contributed by atoms with Crippen LogP contribution in [-0.2, 0) is 19.1 Å². The molecule has 1 aliphatic heterocycles. The van der Waals surface area contributed by atoms with Crippen molar-refractivity contribution in [2.24, 2.45) is 5.92 Å². The van der Waals surface area contributed by atoms with Crippen molar-refractivity contribution < 1.29 is 29.3 Å². The average Bonchev–Trinajstić information content (AvgIpc) is 2.34. The van der Waals surface area contributed by atoms with Crippen molar-refractivity contribution >= 4 is 17.8 Å². The molecule has 1 heterocycles. The number of nitrogens with one attached hydrogen (secondary N) is 1. The molecule has 1 rings (SSSR count). The first-order chi connectivity index (χ1) is 8.50. The van der Waals surface area contributed by atoms with Crippen LogP contribution in [0.4, 0.5) is 0 Å². The topological polar surface area (TPSA) is 113 Å². The molecule has 102 valence electrons. The standard InChI is InChI=1S/C11H17NO6/c13-9(14)2-1-8(11(16)17)12-10(15)7-3-5-18-6-4-7/h7-8H,1-6H2,(H,12,15)(H,13,14)(H,16,17)/t8-/m0/s1. The lowest BCUT2D eigenvalue weighted by Gasteiger charge is -2.23. The molecule has 1 amide bonds. The van der Waals surface area contributed by atoms with Crippen LogP contribution in [0.1, 0.15) is 25.7 Å². The zero-order valence-corrected chi connectivity index (χ0v) is 9.92. The first-order valence-electron chi connectivity index (χ1n) is 5.83. The Bertz CT molecular complexity index is 323. The summed E-state index contributed by atoms with van der Waals surface area (Å²) in [5, 5.41) is 19.8. The van der Waals surface area contributed by atoms with E-state index in [0.29, 0.717) is 26.1 Å². The summed E-state index contributed by atoms with van der Waals surface area (Å²) in [6, 6.07) is -1.14. The van der Waals surface area contributed by atoms with Gasteiger partial charge in [0.1, 0.15) is 6.04 Å². The summed E-state index contributed by atoms with van der Waals surface area (Å²) in [6.07, 6.45) is 0.735. The SMILES string of the molecule is O=C(O)CC[C@H](NC(=O)C1CCOCC1)C(=O)O. The predicted molar refractivity (Wildman–Crippen MR) is 60.0 cm³/mol. The van der Waals surface area contributed by atoms with Gasteiger partial charge in [-0.3, -0.25) is 9.59 Å². The smallest absolute Gasteiger partial charge is 0.326 e. The zero-order valence-electron chi connectivity index (χ0n) is 9.92. The minimum Gasteiger partial charge on any atom is -0.481 e. The minimum absolute atomic E-state index is 0.111. The quantitative estimate of drug-likeness (QED) is 0.611. The van der Waals surface area contributed by atoms with Gasteiger partial charge in [0.2, 0.25) is 5.91 Å². The zero-order chi connectivity index (χ0) is 13.5. The number of hydrogen-bond acceptors (Lipinski definition) is 4. The van der Waals surface area contributed by atoms with Crippen molar-refractivity contribution in [3.63, 3.8) is 0 Å². The maximum atomic E-state index is 11.8. The monoisotopic (exact) mass is 259 g/mol. The molecule has 7 heteroatoms. The van der Waals surface area contributed by atoms with Crippen molar-refractivity contribution in [1.82, 2.24) is 5.32 Å². The molecule has 0 radical (unpaired) electrons. The van der Waals surface area contributed by atoms with E-state index in [4.69, 9.17) is 14.9 Å². The Morgan fingerprint density at radius 2 is 1.83 bits per heavy atom. The second kappa shape index (κ2) is 6.95. The fraction of sp³-hybridized carbons (Fsp3) is 0.727. The highest BCUT2D eigenvalue weighted by molar-refractivity contribution is 5.85. The molecule has 1 saturated heterocycles. The van der Waals surface area contributed by atoms with Crippen molar-refractivity contribution in [1.29, 1.82) is 0 Å². The van der Waals surface area contributed by atoms with Gasteiger partial charge in [-0.2, -0.15) is 0 Å². The highest BCUT2D eigenvalue weighted by atomic mass is 16.5. The predicted octanol–water partition coefficient (Wildman–Crippen LogP) is -0.153. The largest absolute Gasteiger partial charge is 0.481 e. The molecule has 3 N–H and O–H groups in total. The van der Waals surface area contributed by atoms with Gasteiger partial charge in [0.25, 0.3) is 0 Å². The van der Waals surface area contributed by atoms with Gasteiger partial charge < -0.3 is 20.3 Å². The maximum Gasteiger partial charge on any atom is 0.326 e. The van der Waals surface area contributed by atoms with E-state index in [1.807, 2.05) is 0 Å². The Morgan fingerprint density at radius 3 is 2.33 bits per heavy atom. The molecule has 0 unspecified atom stereocenters. The van der Waals surface area contributed by atoms with E-state index >= 15 is 0 Å². The summed E-state index contributed by atoms with van der Waals surface area (Å²) >= 11 is 0. The highest BCUT2D eigenvalue weighted by Crippen LogP contribution is 2.15. The van der Waals surface area contributed by atoms with E-state index in [0.717, 1.165) is 0 Å². The van der Waals surface area contributed by atoms with Gasteiger partial charge in [-0.1, -0.05) is 0 Å². The molecule has 1 atom stereocenters. The van der Waals surface area contributed by atoms with Crippen molar-refractivity contribution in [2.45, 2.75) is 31.7 Å². The summed E-state index contributed by atoms with van der Waals surface area (Å²) in [4.78, 5) is 33.1. The minimum atomic E-state index is -1.21. The van der Waals surface area contributed by atoms with E-state index in [1.54, 1.807) is 0 Å². The van der Waals surface area contributed by atoms with E-state index < -0.39 is 18.0 Å². The summed E-state index contributed by atoms with van der Waals surface area (Å²) in [7, 11) is 0. The van der Waals surface area contributed by atoms with Crippen molar-refractivity contribution in [2.75, 3.05) is 13.2 Å². The van der Waals surface area contributed by atoms with Gasteiger partial charge in [-0.05, 0) is 19.3 Å². The van der Waals surface area contributed by atoms with Gasteiger partial charge in [0.15, 0.2) is 0 Å². The van der Waals surface area contributed by atoms with Crippen LogP contribution in [0, 0.1) is 5.92 Å². The van der Waals surface area contributed by atoms with E-state index in [2.05, 4.69) is 5.32 Å². The third-order valence-corrected chi connectivity index (χ3v) is 2.85. The van der Waals surface area contributed by atoms with Crippen LogP contribution < -0.4 is 5.32 Å². The van der Waals surface area contributed by atoms with Crippen LogP contribution >= 0.6 is 0 Å². The third kappa shape index (κ3) is 4.70. The second-order valence-electron chi connectivity index (χ2n) is 4.22. The van der Waals surface area contributed by atoms with Gasteiger partial charge in [0, 0.05) is 25.6 Å². The number of carboxylic acid groups (broad SMARTS) is 2. The summed E-state index contributed by atoms with van der Waals surface area (Å²) in [5.74, 6) is -2.88. The van der Waals surface area contributed by atoms with Crippen LogP contribution in [-0.4, -0.2) is 47.3 Å². The third-order valence-electron chi connectivity index (χ3n) is 2.85. The molecule has 0 saturated carbocycles. The Kier molecular flexibility index (Phi) is 5.57. The number of rotatable bonds is 6. The number of hydrogen-bond donors (Lipinski definition) is 3. The summed E-state index contributed by atoms with van der Waals surface area (Å²) in [6.45, 7) is 0.982. The van der Waals surface area contributed by atoms with Gasteiger partial charge in [-0.25, -0.2) is 4.79 Å². The fourth-order valence-electron chi connectivity index (χ4n) is 1.77.